The van der Waals surface area contributed by atoms with Gasteiger partial charge in [-0.2, -0.15) is 5.10 Å². The van der Waals surface area contributed by atoms with Crippen LogP contribution in [0, 0.1) is 5.92 Å². The second-order valence-electron chi connectivity index (χ2n) is 6.14. The summed E-state index contributed by atoms with van der Waals surface area (Å²) >= 11 is 0. The molecule has 0 radical (unpaired) electrons. The van der Waals surface area contributed by atoms with Gasteiger partial charge in [-0.3, -0.25) is 14.3 Å². The van der Waals surface area contributed by atoms with Crippen molar-refractivity contribution in [3.63, 3.8) is 0 Å². The standard InChI is InChI=1S/C17H24N6O2/c1-11(2)16(18)17(25)19-9-15(24)22-13-6-4-5-12(7-13)21-14-8-20-23(3)10-14/h4-8,10-11,16,21H,9,18H2,1-3H3,(H,19,25)(H,22,24)/t16-/m0/s1. The number of aromatic nitrogens is 2. The fourth-order valence-corrected chi connectivity index (χ4v) is 2.12. The first kappa shape index (κ1) is 18.5. The zero-order chi connectivity index (χ0) is 18.4. The number of nitrogens with zero attached hydrogens (tertiary/aromatic N) is 2. The van der Waals surface area contributed by atoms with Crippen LogP contribution in [0.2, 0.25) is 0 Å². The first-order valence-corrected chi connectivity index (χ1v) is 8.04. The molecule has 1 heterocycles. The Hall–Kier alpha value is -2.87. The largest absolute Gasteiger partial charge is 0.353 e. The maximum absolute atomic E-state index is 12.0. The number of hydrogen-bond acceptors (Lipinski definition) is 5. The molecule has 1 atom stereocenters. The van der Waals surface area contributed by atoms with Crippen molar-refractivity contribution in [1.29, 1.82) is 0 Å². The molecule has 0 aliphatic rings. The molecule has 2 amide bonds. The Labute approximate surface area is 146 Å². The van der Waals surface area contributed by atoms with E-state index in [2.05, 4.69) is 21.0 Å². The molecule has 2 rings (SSSR count). The number of hydrogen-bond donors (Lipinski definition) is 4. The highest BCUT2D eigenvalue weighted by Gasteiger charge is 2.17. The van der Waals surface area contributed by atoms with E-state index in [1.54, 1.807) is 23.0 Å². The molecule has 1 aromatic heterocycles. The number of amides is 2. The Bertz CT molecular complexity index is 740. The molecule has 1 aromatic carbocycles. The lowest BCUT2D eigenvalue weighted by atomic mass is 10.1. The Morgan fingerprint density at radius 3 is 2.60 bits per heavy atom. The number of aryl methyl sites for hydroxylation is 1. The van der Waals surface area contributed by atoms with Crippen LogP contribution in [-0.4, -0.2) is 34.2 Å². The summed E-state index contributed by atoms with van der Waals surface area (Å²) in [6.07, 6.45) is 3.55. The minimum Gasteiger partial charge on any atom is -0.353 e. The molecule has 2 aromatic rings. The molecule has 5 N–H and O–H groups in total. The monoisotopic (exact) mass is 344 g/mol. The van der Waals surface area contributed by atoms with Gasteiger partial charge >= 0.3 is 0 Å². The highest BCUT2D eigenvalue weighted by molar-refractivity contribution is 5.95. The Kier molecular flexibility index (Phi) is 6.13. The normalized spacial score (nSPS) is 11.9. The first-order valence-electron chi connectivity index (χ1n) is 8.04. The summed E-state index contributed by atoms with van der Waals surface area (Å²) in [4.78, 5) is 23.7. The van der Waals surface area contributed by atoms with E-state index in [0.29, 0.717) is 5.69 Å². The van der Waals surface area contributed by atoms with Crippen LogP contribution in [0.15, 0.2) is 36.7 Å². The molecular weight excluding hydrogens is 320 g/mol. The van der Waals surface area contributed by atoms with E-state index in [1.165, 1.54) is 0 Å². The number of nitrogens with one attached hydrogen (secondary N) is 3. The van der Waals surface area contributed by atoms with Gasteiger partial charge in [0.1, 0.15) is 0 Å². The van der Waals surface area contributed by atoms with Crippen molar-refractivity contribution in [3.8, 4) is 0 Å². The van der Waals surface area contributed by atoms with Crippen molar-refractivity contribution in [2.75, 3.05) is 17.2 Å². The lowest BCUT2D eigenvalue weighted by Crippen LogP contribution is -2.46. The molecule has 25 heavy (non-hydrogen) atoms. The minimum atomic E-state index is -0.625. The highest BCUT2D eigenvalue weighted by Crippen LogP contribution is 2.19. The van der Waals surface area contributed by atoms with Gasteiger partial charge in [0.05, 0.1) is 24.5 Å². The summed E-state index contributed by atoms with van der Waals surface area (Å²) in [6, 6.07) is 6.65. The highest BCUT2D eigenvalue weighted by atomic mass is 16.2. The number of nitrogens with two attached hydrogens (primary N) is 1. The predicted octanol–water partition coefficient (Wildman–Crippen LogP) is 1.20. The van der Waals surface area contributed by atoms with E-state index in [9.17, 15) is 9.59 Å². The molecule has 0 spiro atoms. The van der Waals surface area contributed by atoms with Crippen LogP contribution >= 0.6 is 0 Å². The molecule has 8 heteroatoms. The molecular formula is C17H24N6O2. The van der Waals surface area contributed by atoms with Gasteiger partial charge in [-0.05, 0) is 24.1 Å². The Morgan fingerprint density at radius 1 is 1.24 bits per heavy atom. The van der Waals surface area contributed by atoms with Crippen molar-refractivity contribution in [2.45, 2.75) is 19.9 Å². The fourth-order valence-electron chi connectivity index (χ4n) is 2.12. The second-order valence-corrected chi connectivity index (χ2v) is 6.14. The van der Waals surface area contributed by atoms with Gasteiger partial charge in [-0.25, -0.2) is 0 Å². The third kappa shape index (κ3) is 5.61. The van der Waals surface area contributed by atoms with Crippen molar-refractivity contribution in [3.05, 3.63) is 36.7 Å². The first-order chi connectivity index (χ1) is 11.8. The van der Waals surface area contributed by atoms with Gasteiger partial charge in [-0.1, -0.05) is 19.9 Å². The maximum atomic E-state index is 12.0. The molecule has 134 valence electrons. The number of benzene rings is 1. The summed E-state index contributed by atoms with van der Waals surface area (Å²) < 4.78 is 1.69. The van der Waals surface area contributed by atoms with Crippen LogP contribution in [0.4, 0.5) is 17.1 Å². The summed E-state index contributed by atoms with van der Waals surface area (Å²) in [5.74, 6) is -0.640. The quantitative estimate of drug-likeness (QED) is 0.603. The lowest BCUT2D eigenvalue weighted by molar-refractivity contribution is -0.125. The van der Waals surface area contributed by atoms with E-state index in [1.807, 2.05) is 39.2 Å². The zero-order valence-electron chi connectivity index (χ0n) is 14.6. The van der Waals surface area contributed by atoms with E-state index >= 15 is 0 Å². The van der Waals surface area contributed by atoms with Crippen molar-refractivity contribution >= 4 is 28.9 Å². The summed E-state index contributed by atoms with van der Waals surface area (Å²) in [7, 11) is 1.83. The van der Waals surface area contributed by atoms with E-state index in [-0.39, 0.29) is 24.3 Å². The summed E-state index contributed by atoms with van der Waals surface area (Å²) in [6.45, 7) is 3.58. The van der Waals surface area contributed by atoms with Gasteiger partial charge in [-0.15, -0.1) is 0 Å². The van der Waals surface area contributed by atoms with E-state index in [0.717, 1.165) is 11.4 Å². The molecule has 0 aliphatic carbocycles. The topological polar surface area (TPSA) is 114 Å². The van der Waals surface area contributed by atoms with Crippen molar-refractivity contribution in [1.82, 2.24) is 15.1 Å². The molecule has 0 fully saturated rings. The van der Waals surface area contributed by atoms with Gasteiger partial charge in [0.2, 0.25) is 11.8 Å². The Balaban J connectivity index is 1.88. The van der Waals surface area contributed by atoms with Crippen LogP contribution in [0.5, 0.6) is 0 Å². The fraction of sp³-hybridized carbons (Fsp3) is 0.353. The van der Waals surface area contributed by atoms with Crippen molar-refractivity contribution in [2.24, 2.45) is 18.7 Å². The molecule has 0 saturated carbocycles. The lowest BCUT2D eigenvalue weighted by Gasteiger charge is -2.15. The summed E-state index contributed by atoms with van der Waals surface area (Å²) in [5, 5.41) is 12.6. The van der Waals surface area contributed by atoms with Gasteiger partial charge in [0.15, 0.2) is 0 Å². The van der Waals surface area contributed by atoms with Crippen molar-refractivity contribution < 1.29 is 9.59 Å². The number of carbonyl (C=O) groups is 2. The van der Waals surface area contributed by atoms with E-state index in [4.69, 9.17) is 5.73 Å². The third-order valence-electron chi connectivity index (χ3n) is 3.58. The summed E-state index contributed by atoms with van der Waals surface area (Å²) in [5.41, 5.74) is 8.03. The second kappa shape index (κ2) is 8.29. The van der Waals surface area contributed by atoms with Crippen LogP contribution in [0.1, 0.15) is 13.8 Å². The van der Waals surface area contributed by atoms with Crippen LogP contribution in [0.3, 0.4) is 0 Å². The molecule has 0 saturated heterocycles. The van der Waals surface area contributed by atoms with Crippen LogP contribution < -0.4 is 21.7 Å². The van der Waals surface area contributed by atoms with E-state index < -0.39 is 6.04 Å². The number of rotatable bonds is 7. The van der Waals surface area contributed by atoms with Gasteiger partial charge in [0, 0.05) is 24.6 Å². The maximum Gasteiger partial charge on any atom is 0.243 e. The van der Waals surface area contributed by atoms with Crippen LogP contribution in [-0.2, 0) is 16.6 Å². The predicted molar refractivity (Wildman–Crippen MR) is 97.4 cm³/mol. The smallest absolute Gasteiger partial charge is 0.243 e. The van der Waals surface area contributed by atoms with Gasteiger partial charge < -0.3 is 21.7 Å². The molecule has 0 aliphatic heterocycles. The average Bonchev–Trinajstić information content (AvgIpc) is 2.97. The SMILES string of the molecule is CC(C)[C@H](N)C(=O)NCC(=O)Nc1cccc(Nc2cnn(C)c2)c1. The zero-order valence-corrected chi connectivity index (χ0v) is 14.6. The van der Waals surface area contributed by atoms with Gasteiger partial charge in [0.25, 0.3) is 0 Å². The minimum absolute atomic E-state index is 0.0123. The number of anilines is 3. The third-order valence-corrected chi connectivity index (χ3v) is 3.58. The Morgan fingerprint density at radius 2 is 1.96 bits per heavy atom. The molecule has 0 unspecified atom stereocenters. The number of carbonyl (C=O) groups excluding carboxylic acids is 2. The van der Waals surface area contributed by atoms with Crippen LogP contribution in [0.25, 0.3) is 0 Å². The average molecular weight is 344 g/mol. The molecule has 0 bridgehead atoms. The molecule has 8 nitrogen and oxygen atoms in total.